The highest BCUT2D eigenvalue weighted by molar-refractivity contribution is 5.84. The minimum Gasteiger partial charge on any atom is -0.491 e. The fraction of sp³-hybridized carbons (Fsp3) is 0.524. The molecule has 3 nitrogen and oxygen atoms in total. The third kappa shape index (κ3) is 3.03. The number of ether oxygens (including phenoxy) is 2. The maximum Gasteiger partial charge on any atom is 0.120 e. The molecular formula is C21H27NO2. The molecule has 0 aliphatic carbocycles. The van der Waals surface area contributed by atoms with Crippen molar-refractivity contribution >= 4 is 10.8 Å². The van der Waals surface area contributed by atoms with Crippen molar-refractivity contribution in [3.05, 3.63) is 42.0 Å². The predicted octanol–water partition coefficient (Wildman–Crippen LogP) is 4.21. The Balaban J connectivity index is 1.52. The van der Waals surface area contributed by atoms with E-state index < -0.39 is 0 Å². The Kier molecular flexibility index (Phi) is 4.47. The van der Waals surface area contributed by atoms with Crippen LogP contribution in [0.4, 0.5) is 0 Å². The summed E-state index contributed by atoms with van der Waals surface area (Å²) in [6.45, 7) is 1.22. The summed E-state index contributed by atoms with van der Waals surface area (Å²) in [5.41, 5.74) is 1.51. The molecule has 2 heterocycles. The van der Waals surface area contributed by atoms with Gasteiger partial charge in [0.05, 0.1) is 6.61 Å². The first-order chi connectivity index (χ1) is 11.7. The van der Waals surface area contributed by atoms with Crippen LogP contribution < -0.4 is 4.74 Å². The smallest absolute Gasteiger partial charge is 0.120 e. The van der Waals surface area contributed by atoms with Crippen molar-refractivity contribution in [1.82, 2.24) is 4.90 Å². The van der Waals surface area contributed by atoms with Crippen LogP contribution >= 0.6 is 0 Å². The molecule has 0 saturated carbocycles. The number of fused-ring (bicyclic) bond motifs is 3. The normalized spacial score (nSPS) is 26.8. The van der Waals surface area contributed by atoms with E-state index in [1.165, 1.54) is 42.0 Å². The van der Waals surface area contributed by atoms with Crippen molar-refractivity contribution in [2.24, 2.45) is 0 Å². The zero-order chi connectivity index (χ0) is 16.5. The van der Waals surface area contributed by atoms with E-state index >= 15 is 0 Å². The summed E-state index contributed by atoms with van der Waals surface area (Å²) in [6.07, 6.45) is 5.40. The van der Waals surface area contributed by atoms with Gasteiger partial charge in [0.1, 0.15) is 12.4 Å². The summed E-state index contributed by atoms with van der Waals surface area (Å²) in [5, 5.41) is 2.57. The maximum absolute atomic E-state index is 5.72. The molecule has 2 aliphatic heterocycles. The van der Waals surface area contributed by atoms with E-state index in [1.807, 2.05) is 0 Å². The quantitative estimate of drug-likeness (QED) is 0.769. The molecule has 2 aliphatic rings. The van der Waals surface area contributed by atoms with Gasteiger partial charge in [-0.25, -0.2) is 0 Å². The van der Waals surface area contributed by atoms with Gasteiger partial charge in [-0.15, -0.1) is 0 Å². The van der Waals surface area contributed by atoms with Gasteiger partial charge in [-0.05, 0) is 67.1 Å². The van der Waals surface area contributed by atoms with E-state index in [9.17, 15) is 0 Å². The molecule has 3 atom stereocenters. The lowest BCUT2D eigenvalue weighted by Gasteiger charge is -2.36. The van der Waals surface area contributed by atoms with Gasteiger partial charge < -0.3 is 14.4 Å². The van der Waals surface area contributed by atoms with Crippen LogP contribution in [0.3, 0.4) is 0 Å². The van der Waals surface area contributed by atoms with Crippen LogP contribution in [0.2, 0.25) is 0 Å². The van der Waals surface area contributed by atoms with Crippen molar-refractivity contribution in [2.75, 3.05) is 27.4 Å². The lowest BCUT2D eigenvalue weighted by molar-refractivity contribution is 0.146. The molecule has 24 heavy (non-hydrogen) atoms. The fourth-order valence-corrected chi connectivity index (χ4v) is 4.51. The molecule has 2 aromatic rings. The van der Waals surface area contributed by atoms with Crippen molar-refractivity contribution in [2.45, 2.75) is 43.7 Å². The van der Waals surface area contributed by atoms with Gasteiger partial charge in [0, 0.05) is 19.2 Å². The number of piperidine rings is 1. The molecule has 0 unspecified atom stereocenters. The van der Waals surface area contributed by atoms with Gasteiger partial charge >= 0.3 is 0 Å². The topological polar surface area (TPSA) is 21.7 Å². The van der Waals surface area contributed by atoms with E-state index in [0.29, 0.717) is 13.2 Å². The average molecular weight is 325 g/mol. The number of nitrogens with zero attached hydrogens (tertiary/aromatic N) is 1. The van der Waals surface area contributed by atoms with Crippen molar-refractivity contribution in [3.63, 3.8) is 0 Å². The number of hydrogen-bond acceptors (Lipinski definition) is 3. The van der Waals surface area contributed by atoms with Crippen LogP contribution in [0.15, 0.2) is 36.4 Å². The highest BCUT2D eigenvalue weighted by Crippen LogP contribution is 2.42. The van der Waals surface area contributed by atoms with Crippen LogP contribution in [-0.2, 0) is 4.74 Å². The summed E-state index contributed by atoms with van der Waals surface area (Å²) in [5.74, 6) is 1.64. The molecule has 4 rings (SSSR count). The van der Waals surface area contributed by atoms with E-state index in [0.717, 1.165) is 23.8 Å². The van der Waals surface area contributed by atoms with E-state index in [-0.39, 0.29) is 0 Å². The van der Waals surface area contributed by atoms with Gasteiger partial charge in [-0.1, -0.05) is 24.3 Å². The zero-order valence-electron chi connectivity index (χ0n) is 14.7. The molecule has 128 valence electrons. The third-order valence-electron chi connectivity index (χ3n) is 5.96. The third-order valence-corrected chi connectivity index (χ3v) is 5.96. The molecule has 2 saturated heterocycles. The van der Waals surface area contributed by atoms with Crippen molar-refractivity contribution in [1.29, 1.82) is 0 Å². The summed E-state index contributed by atoms with van der Waals surface area (Å²) >= 11 is 0. The average Bonchev–Trinajstić information content (AvgIpc) is 2.82. The molecule has 0 spiro atoms. The first-order valence-corrected chi connectivity index (χ1v) is 9.12. The maximum atomic E-state index is 5.72. The SMILES string of the molecule is COCCOc1ccc2cc([C@@H]3C[C@H]4CC[C@@H](C3)N4C)ccc2c1. The van der Waals surface area contributed by atoms with Gasteiger partial charge in [0.15, 0.2) is 0 Å². The van der Waals surface area contributed by atoms with Crippen LogP contribution in [-0.4, -0.2) is 44.4 Å². The standard InChI is InChI=1S/C21H27NO2/c1-22-19-6-7-20(22)13-18(12-19)16-3-4-17-14-21(24-10-9-23-2)8-5-15(17)11-16/h3-5,8,11,14,18-20H,6-7,9-10,12-13H2,1-2H3/t18-,19-,20+. The lowest BCUT2D eigenvalue weighted by atomic mass is 9.84. The number of hydrogen-bond donors (Lipinski definition) is 0. The summed E-state index contributed by atoms with van der Waals surface area (Å²) in [6, 6.07) is 15.0. The van der Waals surface area contributed by atoms with E-state index in [1.54, 1.807) is 7.11 Å². The number of benzene rings is 2. The first-order valence-electron chi connectivity index (χ1n) is 9.12. The Hall–Kier alpha value is -1.58. The molecule has 2 bridgehead atoms. The second-order valence-electron chi connectivity index (χ2n) is 7.33. The minimum atomic E-state index is 0.596. The molecular weight excluding hydrogens is 298 g/mol. The van der Waals surface area contributed by atoms with Crippen LogP contribution in [0.1, 0.15) is 37.2 Å². The fourth-order valence-electron chi connectivity index (χ4n) is 4.51. The van der Waals surface area contributed by atoms with Crippen molar-refractivity contribution in [3.8, 4) is 5.75 Å². The number of rotatable bonds is 5. The molecule has 3 heteroatoms. The van der Waals surface area contributed by atoms with Crippen LogP contribution in [0.5, 0.6) is 5.75 Å². The summed E-state index contributed by atoms with van der Waals surface area (Å²) in [4.78, 5) is 2.61. The van der Waals surface area contributed by atoms with Gasteiger partial charge in [0.2, 0.25) is 0 Å². The highest BCUT2D eigenvalue weighted by atomic mass is 16.5. The molecule has 0 N–H and O–H groups in total. The molecule has 0 amide bonds. The summed E-state index contributed by atoms with van der Waals surface area (Å²) < 4.78 is 10.8. The van der Waals surface area contributed by atoms with E-state index in [4.69, 9.17) is 9.47 Å². The second-order valence-corrected chi connectivity index (χ2v) is 7.33. The summed E-state index contributed by atoms with van der Waals surface area (Å²) in [7, 11) is 4.00. The minimum absolute atomic E-state index is 0.596. The van der Waals surface area contributed by atoms with Gasteiger partial charge in [0.25, 0.3) is 0 Å². The van der Waals surface area contributed by atoms with Gasteiger partial charge in [-0.3, -0.25) is 0 Å². The Morgan fingerprint density at radius 1 is 0.958 bits per heavy atom. The Morgan fingerprint density at radius 3 is 2.42 bits per heavy atom. The monoisotopic (exact) mass is 325 g/mol. The van der Waals surface area contributed by atoms with Crippen LogP contribution in [0, 0.1) is 0 Å². The Bertz CT molecular complexity index is 700. The van der Waals surface area contributed by atoms with Crippen LogP contribution in [0.25, 0.3) is 10.8 Å². The molecule has 0 radical (unpaired) electrons. The molecule has 2 fully saturated rings. The van der Waals surface area contributed by atoms with Crippen molar-refractivity contribution < 1.29 is 9.47 Å². The zero-order valence-corrected chi connectivity index (χ0v) is 14.7. The first kappa shape index (κ1) is 15.9. The second kappa shape index (κ2) is 6.73. The van der Waals surface area contributed by atoms with Gasteiger partial charge in [-0.2, -0.15) is 0 Å². The lowest BCUT2D eigenvalue weighted by Crippen LogP contribution is -2.39. The van der Waals surface area contributed by atoms with E-state index in [2.05, 4.69) is 48.3 Å². The Morgan fingerprint density at radius 2 is 1.67 bits per heavy atom. The molecule has 2 aromatic carbocycles. The largest absolute Gasteiger partial charge is 0.491 e. The Labute approximate surface area is 144 Å². The highest BCUT2D eigenvalue weighted by Gasteiger charge is 2.38. The number of methoxy groups -OCH3 is 1. The molecule has 0 aromatic heterocycles. The predicted molar refractivity (Wildman–Crippen MR) is 97.9 cm³/mol.